The summed E-state index contributed by atoms with van der Waals surface area (Å²) in [6.07, 6.45) is 4.23. The second-order valence-corrected chi connectivity index (χ2v) is 7.38. The van der Waals surface area contributed by atoms with Crippen molar-refractivity contribution in [2.45, 2.75) is 19.4 Å². The number of ether oxygens (including phenoxy) is 1. The maximum atomic E-state index is 6.21. The zero-order chi connectivity index (χ0) is 19.4. The van der Waals surface area contributed by atoms with Crippen LogP contribution in [0.3, 0.4) is 0 Å². The lowest BCUT2D eigenvalue weighted by atomic mass is 10.1. The van der Waals surface area contributed by atoms with Gasteiger partial charge in [-0.25, -0.2) is 14.7 Å². The number of aliphatic imine (C=N–C) groups is 1. The topological polar surface area (TPSA) is 70.1 Å². The highest BCUT2D eigenvalue weighted by molar-refractivity contribution is 5.95. The van der Waals surface area contributed by atoms with Crippen LogP contribution in [0.2, 0.25) is 0 Å². The molecule has 0 spiro atoms. The standard InChI is InChI=1S/C22H18N6O/c1-14-7-8-17-18(9-14)28-16(11-25-26-28)10-19-21(24-13-27(17)19)22-23-12-20(29-22)15-5-3-2-4-6-15/h2-9,11,13,20H,10,12H2,1H3/t20-/m0/s1. The molecule has 4 heterocycles. The van der Waals surface area contributed by atoms with Gasteiger partial charge in [-0.15, -0.1) is 5.10 Å². The van der Waals surface area contributed by atoms with Crippen molar-refractivity contribution in [1.82, 2.24) is 24.5 Å². The summed E-state index contributed by atoms with van der Waals surface area (Å²) >= 11 is 0. The molecule has 142 valence electrons. The minimum absolute atomic E-state index is 0.0727. The summed E-state index contributed by atoms with van der Waals surface area (Å²) in [7, 11) is 0. The fourth-order valence-corrected chi connectivity index (χ4v) is 4.03. The molecule has 0 radical (unpaired) electrons. The average molecular weight is 382 g/mol. The van der Waals surface area contributed by atoms with Gasteiger partial charge in [-0.1, -0.05) is 41.6 Å². The Balaban J connectivity index is 1.44. The van der Waals surface area contributed by atoms with Gasteiger partial charge in [0.15, 0.2) is 0 Å². The van der Waals surface area contributed by atoms with E-state index in [2.05, 4.69) is 62.1 Å². The predicted molar refractivity (Wildman–Crippen MR) is 108 cm³/mol. The van der Waals surface area contributed by atoms with Gasteiger partial charge < -0.3 is 4.74 Å². The van der Waals surface area contributed by atoms with Crippen LogP contribution in [0, 0.1) is 6.92 Å². The summed E-state index contributed by atoms with van der Waals surface area (Å²) in [5, 5.41) is 8.44. The van der Waals surface area contributed by atoms with Gasteiger partial charge in [0.25, 0.3) is 0 Å². The fraction of sp³-hybridized carbons (Fsp3) is 0.182. The van der Waals surface area contributed by atoms with E-state index < -0.39 is 0 Å². The van der Waals surface area contributed by atoms with E-state index in [9.17, 15) is 0 Å². The first-order chi connectivity index (χ1) is 14.3. The van der Waals surface area contributed by atoms with Crippen molar-refractivity contribution in [3.05, 3.63) is 89.3 Å². The van der Waals surface area contributed by atoms with Crippen LogP contribution in [0.1, 0.15) is 34.3 Å². The van der Waals surface area contributed by atoms with Gasteiger partial charge in [-0.3, -0.25) is 4.57 Å². The van der Waals surface area contributed by atoms with Crippen molar-refractivity contribution in [1.29, 1.82) is 0 Å². The van der Waals surface area contributed by atoms with E-state index in [1.807, 2.05) is 35.4 Å². The molecule has 2 aromatic heterocycles. The average Bonchev–Trinajstić information content (AvgIpc) is 3.48. The molecule has 0 N–H and O–H groups in total. The van der Waals surface area contributed by atoms with Crippen LogP contribution in [0.25, 0.3) is 11.4 Å². The molecule has 0 saturated heterocycles. The highest BCUT2D eigenvalue weighted by Crippen LogP contribution is 2.32. The number of fused-ring (bicyclic) bond motifs is 5. The fourth-order valence-electron chi connectivity index (χ4n) is 4.03. The quantitative estimate of drug-likeness (QED) is 0.470. The van der Waals surface area contributed by atoms with Crippen LogP contribution in [0.5, 0.6) is 0 Å². The van der Waals surface area contributed by atoms with Crippen LogP contribution in [0.4, 0.5) is 0 Å². The molecule has 29 heavy (non-hydrogen) atoms. The maximum Gasteiger partial charge on any atom is 0.238 e. The highest BCUT2D eigenvalue weighted by Gasteiger charge is 2.30. The van der Waals surface area contributed by atoms with Gasteiger partial charge in [0, 0.05) is 6.42 Å². The summed E-state index contributed by atoms with van der Waals surface area (Å²) in [6, 6.07) is 16.5. The van der Waals surface area contributed by atoms with Gasteiger partial charge in [0.1, 0.15) is 18.1 Å². The lowest BCUT2D eigenvalue weighted by Gasteiger charge is -2.12. The van der Waals surface area contributed by atoms with Crippen molar-refractivity contribution in [2.24, 2.45) is 4.99 Å². The van der Waals surface area contributed by atoms with Gasteiger partial charge in [-0.05, 0) is 30.2 Å². The third-order valence-electron chi connectivity index (χ3n) is 5.48. The molecule has 2 aliphatic rings. The van der Waals surface area contributed by atoms with E-state index in [0.717, 1.165) is 34.0 Å². The van der Waals surface area contributed by atoms with Crippen LogP contribution in [-0.4, -0.2) is 37.0 Å². The molecule has 4 aromatic rings. The Morgan fingerprint density at radius 1 is 1.07 bits per heavy atom. The van der Waals surface area contributed by atoms with E-state index in [4.69, 9.17) is 4.74 Å². The van der Waals surface area contributed by atoms with E-state index in [1.54, 1.807) is 0 Å². The number of imidazole rings is 1. The van der Waals surface area contributed by atoms with Crippen molar-refractivity contribution in [3.63, 3.8) is 0 Å². The third-order valence-corrected chi connectivity index (χ3v) is 5.48. The predicted octanol–water partition coefficient (Wildman–Crippen LogP) is 3.18. The van der Waals surface area contributed by atoms with Gasteiger partial charge in [0.2, 0.25) is 5.90 Å². The number of rotatable bonds is 2. The number of aromatic nitrogens is 5. The van der Waals surface area contributed by atoms with Gasteiger partial charge in [-0.2, -0.15) is 0 Å². The lowest BCUT2D eigenvalue weighted by molar-refractivity contribution is 0.229. The molecule has 6 rings (SSSR count). The lowest BCUT2D eigenvalue weighted by Crippen LogP contribution is -2.10. The summed E-state index contributed by atoms with van der Waals surface area (Å²) in [6.45, 7) is 2.67. The monoisotopic (exact) mass is 382 g/mol. The first kappa shape index (κ1) is 16.2. The van der Waals surface area contributed by atoms with Crippen LogP contribution in [0.15, 0.2) is 66.0 Å². The smallest absolute Gasteiger partial charge is 0.238 e. The van der Waals surface area contributed by atoms with E-state index >= 15 is 0 Å². The molecule has 0 unspecified atom stereocenters. The molecule has 0 amide bonds. The Labute approximate surface area is 167 Å². The second kappa shape index (κ2) is 6.13. The van der Waals surface area contributed by atoms with Crippen LogP contribution < -0.4 is 0 Å². The number of benzene rings is 2. The number of aryl methyl sites for hydroxylation is 1. The van der Waals surface area contributed by atoms with Crippen LogP contribution in [-0.2, 0) is 11.2 Å². The third kappa shape index (κ3) is 2.51. The highest BCUT2D eigenvalue weighted by atomic mass is 16.5. The minimum atomic E-state index is -0.0727. The summed E-state index contributed by atoms with van der Waals surface area (Å²) in [5.41, 5.74) is 7.13. The zero-order valence-electron chi connectivity index (χ0n) is 15.9. The molecular formula is C22H18N6O. The molecule has 0 fully saturated rings. The van der Waals surface area contributed by atoms with Crippen molar-refractivity contribution in [2.75, 3.05) is 6.54 Å². The molecule has 7 nitrogen and oxygen atoms in total. The Bertz CT molecular complexity index is 1250. The van der Waals surface area contributed by atoms with Crippen LogP contribution >= 0.6 is 0 Å². The molecule has 0 saturated carbocycles. The Kier molecular flexibility index (Phi) is 3.43. The Morgan fingerprint density at radius 2 is 1.97 bits per heavy atom. The molecule has 0 bridgehead atoms. The first-order valence-corrected chi connectivity index (χ1v) is 9.61. The summed E-state index contributed by atoms with van der Waals surface area (Å²) < 4.78 is 10.2. The molecule has 2 aliphatic heterocycles. The number of nitrogens with zero attached hydrogens (tertiary/aromatic N) is 6. The Morgan fingerprint density at radius 3 is 2.86 bits per heavy atom. The van der Waals surface area contributed by atoms with Gasteiger partial charge >= 0.3 is 0 Å². The van der Waals surface area contributed by atoms with Crippen molar-refractivity contribution >= 4 is 5.90 Å². The number of hydrogen-bond donors (Lipinski definition) is 0. The van der Waals surface area contributed by atoms with Crippen molar-refractivity contribution in [3.8, 4) is 11.4 Å². The summed E-state index contributed by atoms with van der Waals surface area (Å²) in [4.78, 5) is 9.35. The SMILES string of the molecule is Cc1ccc2c(c1)-n1nncc1Cc1c(C3=NC[C@@H](c4ccccc4)O3)ncn1-2. The normalized spacial score (nSPS) is 17.0. The molecular weight excluding hydrogens is 364 g/mol. The largest absolute Gasteiger partial charge is 0.466 e. The number of hydrogen-bond acceptors (Lipinski definition) is 5. The van der Waals surface area contributed by atoms with E-state index in [-0.39, 0.29) is 6.10 Å². The molecule has 2 aromatic carbocycles. The zero-order valence-corrected chi connectivity index (χ0v) is 15.9. The second-order valence-electron chi connectivity index (χ2n) is 7.38. The molecule has 1 atom stereocenters. The van der Waals surface area contributed by atoms with E-state index in [1.165, 1.54) is 5.56 Å². The summed E-state index contributed by atoms with van der Waals surface area (Å²) in [5.74, 6) is 0.599. The maximum absolute atomic E-state index is 6.21. The van der Waals surface area contributed by atoms with E-state index in [0.29, 0.717) is 18.9 Å². The Hall–Kier alpha value is -3.74. The molecule has 0 aliphatic carbocycles. The molecule has 7 heteroatoms. The minimum Gasteiger partial charge on any atom is -0.466 e. The first-order valence-electron chi connectivity index (χ1n) is 9.61. The van der Waals surface area contributed by atoms with Gasteiger partial charge in [0.05, 0.1) is 35.5 Å². The van der Waals surface area contributed by atoms with Crippen molar-refractivity contribution < 1.29 is 4.74 Å².